The first-order valence-corrected chi connectivity index (χ1v) is 8.09. The van der Waals surface area contributed by atoms with Gasteiger partial charge < -0.3 is 0 Å². The molecule has 2 nitrogen and oxygen atoms in total. The van der Waals surface area contributed by atoms with Gasteiger partial charge in [-0.15, -0.1) is 0 Å². The van der Waals surface area contributed by atoms with Gasteiger partial charge in [0.15, 0.2) is 0 Å². The fraction of sp³-hybridized carbons (Fsp3) is 0.350. The molecule has 120 valence electrons. The van der Waals surface area contributed by atoms with Crippen molar-refractivity contribution in [2.75, 3.05) is 18.0 Å². The van der Waals surface area contributed by atoms with Crippen molar-refractivity contribution in [1.29, 1.82) is 0 Å². The molecule has 0 fully saturated rings. The predicted molar refractivity (Wildman–Crippen MR) is 94.7 cm³/mol. The fourth-order valence-electron chi connectivity index (χ4n) is 3.82. The molecule has 2 aromatic carbocycles. The SMILES string of the molecule is Cc1cc(C)c(N2C=[N+](c3c(C)cc(F)cc3C)CC2)c(C)c1. The first kappa shape index (κ1) is 15.7. The average molecular weight is 311 g/mol. The predicted octanol–water partition coefficient (Wildman–Crippen LogP) is 4.56. The van der Waals surface area contributed by atoms with Crippen molar-refractivity contribution in [3.05, 3.63) is 57.9 Å². The van der Waals surface area contributed by atoms with Crippen LogP contribution in [0.3, 0.4) is 0 Å². The number of hydrogen-bond donors (Lipinski definition) is 0. The third-order valence-electron chi connectivity index (χ3n) is 4.53. The Labute approximate surface area is 137 Å². The van der Waals surface area contributed by atoms with Crippen LogP contribution >= 0.6 is 0 Å². The van der Waals surface area contributed by atoms with Gasteiger partial charge in [-0.3, -0.25) is 0 Å². The Bertz CT molecular complexity index is 759. The highest BCUT2D eigenvalue weighted by Crippen LogP contribution is 2.30. The second-order valence-corrected chi connectivity index (χ2v) is 6.64. The first-order chi connectivity index (χ1) is 10.9. The molecule has 0 atom stereocenters. The topological polar surface area (TPSA) is 6.25 Å². The summed E-state index contributed by atoms with van der Waals surface area (Å²) in [5.41, 5.74) is 8.27. The molecule has 1 heterocycles. The Balaban J connectivity index is 2.03. The largest absolute Gasteiger partial charge is 0.244 e. The summed E-state index contributed by atoms with van der Waals surface area (Å²) in [4.78, 5) is 2.31. The standard InChI is InChI=1S/C20H24FN2/c1-13-8-14(2)19(15(3)9-13)22-6-7-23(12-22)20-16(4)10-18(21)11-17(20)5/h8-12H,6-7H2,1-5H3/q+1. The molecule has 0 N–H and O–H groups in total. The molecule has 2 aromatic rings. The lowest BCUT2D eigenvalue weighted by molar-refractivity contribution is -0.425. The van der Waals surface area contributed by atoms with Gasteiger partial charge >= 0.3 is 0 Å². The van der Waals surface area contributed by atoms with E-state index in [0.29, 0.717) is 0 Å². The minimum absolute atomic E-state index is 0.162. The van der Waals surface area contributed by atoms with E-state index in [4.69, 9.17) is 0 Å². The molecule has 0 amide bonds. The Hall–Kier alpha value is -2.16. The van der Waals surface area contributed by atoms with Crippen LogP contribution in [0.15, 0.2) is 24.3 Å². The van der Waals surface area contributed by atoms with E-state index in [1.54, 1.807) is 12.1 Å². The summed E-state index contributed by atoms with van der Waals surface area (Å²) in [7, 11) is 0. The quantitative estimate of drug-likeness (QED) is 0.737. The van der Waals surface area contributed by atoms with E-state index in [1.807, 2.05) is 13.8 Å². The summed E-state index contributed by atoms with van der Waals surface area (Å²) in [5.74, 6) is -0.162. The molecule has 0 bridgehead atoms. The van der Waals surface area contributed by atoms with Crippen molar-refractivity contribution in [2.24, 2.45) is 0 Å². The zero-order chi connectivity index (χ0) is 16.7. The zero-order valence-corrected chi connectivity index (χ0v) is 14.6. The van der Waals surface area contributed by atoms with Gasteiger partial charge in [0.05, 0.1) is 0 Å². The molecule has 0 aliphatic carbocycles. The van der Waals surface area contributed by atoms with Crippen molar-refractivity contribution in [3.8, 4) is 0 Å². The number of nitrogens with zero attached hydrogens (tertiary/aromatic N) is 2. The van der Waals surface area contributed by atoms with E-state index < -0.39 is 0 Å². The molecule has 1 aliphatic heterocycles. The van der Waals surface area contributed by atoms with E-state index in [1.165, 1.54) is 22.4 Å². The molecule has 0 aromatic heterocycles. The van der Waals surface area contributed by atoms with Crippen LogP contribution in [0.4, 0.5) is 15.8 Å². The second-order valence-electron chi connectivity index (χ2n) is 6.64. The van der Waals surface area contributed by atoms with Gasteiger partial charge in [-0.2, -0.15) is 0 Å². The van der Waals surface area contributed by atoms with Crippen molar-refractivity contribution in [3.63, 3.8) is 0 Å². The molecular weight excluding hydrogens is 287 g/mol. The molecule has 0 spiro atoms. The molecule has 0 unspecified atom stereocenters. The van der Waals surface area contributed by atoms with Gasteiger partial charge in [-0.1, -0.05) is 17.7 Å². The highest BCUT2D eigenvalue weighted by atomic mass is 19.1. The number of anilines is 1. The van der Waals surface area contributed by atoms with Gasteiger partial charge in [0.1, 0.15) is 30.3 Å². The lowest BCUT2D eigenvalue weighted by Crippen LogP contribution is -2.20. The number of aryl methyl sites for hydroxylation is 5. The summed E-state index contributed by atoms with van der Waals surface area (Å²) in [6.45, 7) is 12.3. The summed E-state index contributed by atoms with van der Waals surface area (Å²) in [6, 6.07) is 7.68. The third-order valence-corrected chi connectivity index (χ3v) is 4.53. The van der Waals surface area contributed by atoms with Crippen LogP contribution in [-0.2, 0) is 0 Å². The molecular formula is C20H24FN2+. The van der Waals surface area contributed by atoms with Crippen LogP contribution in [0.2, 0.25) is 0 Å². The Kier molecular flexibility index (Phi) is 3.97. The lowest BCUT2D eigenvalue weighted by Gasteiger charge is -2.13. The van der Waals surface area contributed by atoms with E-state index in [0.717, 1.165) is 29.9 Å². The number of benzene rings is 2. The highest BCUT2D eigenvalue weighted by Gasteiger charge is 2.27. The zero-order valence-electron chi connectivity index (χ0n) is 14.6. The molecule has 1 aliphatic rings. The monoisotopic (exact) mass is 311 g/mol. The number of rotatable bonds is 2. The van der Waals surface area contributed by atoms with Crippen LogP contribution < -0.4 is 4.90 Å². The molecule has 0 saturated heterocycles. The van der Waals surface area contributed by atoms with Crippen LogP contribution in [0.25, 0.3) is 0 Å². The van der Waals surface area contributed by atoms with Crippen molar-refractivity contribution < 1.29 is 8.97 Å². The minimum atomic E-state index is -0.162. The lowest BCUT2D eigenvalue weighted by atomic mass is 10.0. The van der Waals surface area contributed by atoms with Crippen molar-refractivity contribution in [1.82, 2.24) is 0 Å². The van der Waals surface area contributed by atoms with Crippen LogP contribution in [0.1, 0.15) is 27.8 Å². The maximum absolute atomic E-state index is 13.5. The average Bonchev–Trinajstić information content (AvgIpc) is 2.85. The normalized spacial score (nSPS) is 14.3. The van der Waals surface area contributed by atoms with Gasteiger partial charge in [0.25, 0.3) is 0 Å². The third kappa shape index (κ3) is 2.88. The van der Waals surface area contributed by atoms with Gasteiger partial charge in [0, 0.05) is 0 Å². The number of halogens is 1. The minimum Gasteiger partial charge on any atom is -0.229 e. The molecule has 23 heavy (non-hydrogen) atoms. The molecule has 3 rings (SSSR count). The smallest absolute Gasteiger partial charge is 0.229 e. The van der Waals surface area contributed by atoms with E-state index >= 15 is 0 Å². The van der Waals surface area contributed by atoms with Crippen LogP contribution in [0, 0.1) is 40.4 Å². The second kappa shape index (κ2) is 5.80. The first-order valence-electron chi connectivity index (χ1n) is 8.09. The van der Waals surface area contributed by atoms with Crippen molar-refractivity contribution in [2.45, 2.75) is 34.6 Å². The van der Waals surface area contributed by atoms with Gasteiger partial charge in [-0.25, -0.2) is 13.9 Å². The maximum atomic E-state index is 13.5. The van der Waals surface area contributed by atoms with Gasteiger partial charge in [0.2, 0.25) is 6.34 Å². The van der Waals surface area contributed by atoms with E-state index in [2.05, 4.69) is 48.7 Å². The van der Waals surface area contributed by atoms with Crippen LogP contribution in [-0.4, -0.2) is 24.0 Å². The Morgan fingerprint density at radius 2 is 1.43 bits per heavy atom. The van der Waals surface area contributed by atoms with E-state index in [9.17, 15) is 4.39 Å². The van der Waals surface area contributed by atoms with Crippen molar-refractivity contribution >= 4 is 17.7 Å². The van der Waals surface area contributed by atoms with Gasteiger partial charge in [-0.05, 0) is 69.0 Å². The molecule has 0 radical (unpaired) electrons. The summed E-state index contributed by atoms with van der Waals surface area (Å²) in [5, 5.41) is 0. The fourth-order valence-corrected chi connectivity index (χ4v) is 3.82. The van der Waals surface area contributed by atoms with E-state index in [-0.39, 0.29) is 5.82 Å². The maximum Gasteiger partial charge on any atom is 0.244 e. The number of hydrogen-bond acceptors (Lipinski definition) is 1. The summed E-state index contributed by atoms with van der Waals surface area (Å²) >= 11 is 0. The molecule has 3 heteroatoms. The van der Waals surface area contributed by atoms with Crippen LogP contribution in [0.5, 0.6) is 0 Å². The summed E-state index contributed by atoms with van der Waals surface area (Å²) < 4.78 is 15.8. The highest BCUT2D eigenvalue weighted by molar-refractivity contribution is 5.82. The molecule has 0 saturated carbocycles. The Morgan fingerprint density at radius 3 is 2.00 bits per heavy atom. The Morgan fingerprint density at radius 1 is 0.870 bits per heavy atom. The summed E-state index contributed by atoms with van der Waals surface area (Å²) in [6.07, 6.45) is 2.16.